The highest BCUT2D eigenvalue weighted by Gasteiger charge is 2.23. The first-order valence-corrected chi connectivity index (χ1v) is 6.73. The van der Waals surface area contributed by atoms with E-state index in [0.29, 0.717) is 23.8 Å². The molecule has 0 bridgehead atoms. The Labute approximate surface area is 114 Å². The minimum absolute atomic E-state index is 0.128. The van der Waals surface area contributed by atoms with E-state index >= 15 is 0 Å². The zero-order chi connectivity index (χ0) is 13.7. The summed E-state index contributed by atoms with van der Waals surface area (Å²) in [6.07, 6.45) is 1.91. The first kappa shape index (κ1) is 14.0. The molecule has 0 radical (unpaired) electrons. The van der Waals surface area contributed by atoms with E-state index in [1.807, 2.05) is 18.2 Å². The number of hydrogen-bond acceptors (Lipinski definition) is 4. The fourth-order valence-electron chi connectivity index (χ4n) is 2.57. The standard InChI is InChI=1S/C15H21NO3/c1-19-14-4-2-3-13(9-14)15(18)11-16-7-5-12(10-16)6-8-17/h2-4,9,12,17H,5-8,10-11H2,1H3. The second-order valence-corrected chi connectivity index (χ2v) is 5.06. The summed E-state index contributed by atoms with van der Waals surface area (Å²) in [6.45, 7) is 2.55. The number of methoxy groups -OCH3 is 1. The third-order valence-electron chi connectivity index (χ3n) is 3.67. The Morgan fingerprint density at radius 2 is 2.37 bits per heavy atom. The van der Waals surface area contributed by atoms with Crippen LogP contribution in [0, 0.1) is 5.92 Å². The monoisotopic (exact) mass is 263 g/mol. The van der Waals surface area contributed by atoms with E-state index in [2.05, 4.69) is 4.90 Å². The van der Waals surface area contributed by atoms with Crippen molar-refractivity contribution in [1.82, 2.24) is 4.90 Å². The molecule has 1 saturated heterocycles. The molecule has 19 heavy (non-hydrogen) atoms. The van der Waals surface area contributed by atoms with Crippen LogP contribution < -0.4 is 4.74 Å². The Kier molecular flexibility index (Phi) is 4.93. The molecule has 0 amide bonds. The van der Waals surface area contributed by atoms with Crippen molar-refractivity contribution < 1.29 is 14.6 Å². The zero-order valence-electron chi connectivity index (χ0n) is 11.3. The van der Waals surface area contributed by atoms with E-state index in [9.17, 15) is 4.79 Å². The van der Waals surface area contributed by atoms with Gasteiger partial charge < -0.3 is 9.84 Å². The van der Waals surface area contributed by atoms with Gasteiger partial charge in [0, 0.05) is 18.7 Å². The summed E-state index contributed by atoms with van der Waals surface area (Å²) >= 11 is 0. The first-order chi connectivity index (χ1) is 9.22. The number of ketones is 1. The predicted molar refractivity (Wildman–Crippen MR) is 73.6 cm³/mol. The van der Waals surface area contributed by atoms with Crippen molar-refractivity contribution in [3.05, 3.63) is 29.8 Å². The molecule has 104 valence electrons. The van der Waals surface area contributed by atoms with Gasteiger partial charge in [-0.2, -0.15) is 0 Å². The molecule has 1 aromatic rings. The molecule has 0 saturated carbocycles. The van der Waals surface area contributed by atoms with Crippen molar-refractivity contribution in [2.75, 3.05) is 33.4 Å². The van der Waals surface area contributed by atoms with Crippen LogP contribution in [0.25, 0.3) is 0 Å². The van der Waals surface area contributed by atoms with Crippen molar-refractivity contribution in [3.8, 4) is 5.75 Å². The van der Waals surface area contributed by atoms with Crippen LogP contribution in [-0.4, -0.2) is 49.1 Å². The minimum atomic E-state index is 0.128. The Balaban J connectivity index is 1.90. The average molecular weight is 263 g/mol. The predicted octanol–water partition coefficient (Wildman–Crippen LogP) is 1.58. The van der Waals surface area contributed by atoms with Gasteiger partial charge in [-0.1, -0.05) is 12.1 Å². The van der Waals surface area contributed by atoms with Gasteiger partial charge >= 0.3 is 0 Å². The summed E-state index contributed by atoms with van der Waals surface area (Å²) in [5.41, 5.74) is 0.699. The van der Waals surface area contributed by atoms with Gasteiger partial charge in [-0.15, -0.1) is 0 Å². The van der Waals surface area contributed by atoms with Crippen LogP contribution in [0.3, 0.4) is 0 Å². The third kappa shape index (κ3) is 3.78. The average Bonchev–Trinajstić information content (AvgIpc) is 2.86. The van der Waals surface area contributed by atoms with Crippen LogP contribution in [0.5, 0.6) is 5.75 Å². The van der Waals surface area contributed by atoms with Crippen molar-refractivity contribution in [3.63, 3.8) is 0 Å². The van der Waals surface area contributed by atoms with Crippen LogP contribution in [0.15, 0.2) is 24.3 Å². The van der Waals surface area contributed by atoms with Crippen molar-refractivity contribution >= 4 is 5.78 Å². The highest BCUT2D eigenvalue weighted by Crippen LogP contribution is 2.20. The van der Waals surface area contributed by atoms with Crippen molar-refractivity contribution in [1.29, 1.82) is 0 Å². The molecule has 4 nitrogen and oxygen atoms in total. The quantitative estimate of drug-likeness (QED) is 0.792. The normalized spacial score (nSPS) is 19.6. The number of ether oxygens (including phenoxy) is 1. The van der Waals surface area contributed by atoms with Crippen LogP contribution in [0.4, 0.5) is 0 Å². The van der Waals surface area contributed by atoms with E-state index in [0.717, 1.165) is 25.9 Å². The molecule has 1 heterocycles. The lowest BCUT2D eigenvalue weighted by molar-refractivity contribution is 0.0942. The number of carbonyl (C=O) groups excluding carboxylic acids is 1. The topological polar surface area (TPSA) is 49.8 Å². The number of Topliss-reactive ketones (excluding diaryl/α,β-unsaturated/α-hetero) is 1. The maximum Gasteiger partial charge on any atom is 0.176 e. The molecule has 1 aromatic carbocycles. The van der Waals surface area contributed by atoms with E-state index < -0.39 is 0 Å². The van der Waals surface area contributed by atoms with Crippen LogP contribution in [-0.2, 0) is 0 Å². The van der Waals surface area contributed by atoms with Gasteiger partial charge in [0.1, 0.15) is 5.75 Å². The number of likely N-dealkylation sites (tertiary alicyclic amines) is 1. The summed E-state index contributed by atoms with van der Waals surface area (Å²) in [6, 6.07) is 7.28. The second kappa shape index (κ2) is 6.68. The largest absolute Gasteiger partial charge is 0.497 e. The molecule has 1 unspecified atom stereocenters. The Hall–Kier alpha value is -1.39. The number of aliphatic hydroxyl groups is 1. The Morgan fingerprint density at radius 3 is 3.11 bits per heavy atom. The smallest absolute Gasteiger partial charge is 0.176 e. The van der Waals surface area contributed by atoms with Gasteiger partial charge in [0.25, 0.3) is 0 Å². The van der Waals surface area contributed by atoms with Crippen molar-refractivity contribution in [2.24, 2.45) is 5.92 Å². The molecule has 1 N–H and O–H groups in total. The summed E-state index contributed by atoms with van der Waals surface area (Å²) in [5, 5.41) is 8.93. The van der Waals surface area contributed by atoms with Gasteiger partial charge in [0.2, 0.25) is 0 Å². The van der Waals surface area contributed by atoms with Crippen LogP contribution in [0.1, 0.15) is 23.2 Å². The number of carbonyl (C=O) groups is 1. The lowest BCUT2D eigenvalue weighted by Crippen LogP contribution is -2.28. The molecule has 1 atom stereocenters. The molecule has 4 heteroatoms. The summed E-state index contributed by atoms with van der Waals surface area (Å²) in [7, 11) is 1.60. The van der Waals surface area contributed by atoms with Crippen molar-refractivity contribution in [2.45, 2.75) is 12.8 Å². The molecule has 0 aromatic heterocycles. The number of nitrogens with zero attached hydrogens (tertiary/aromatic N) is 1. The lowest BCUT2D eigenvalue weighted by atomic mass is 10.1. The number of benzene rings is 1. The van der Waals surface area contributed by atoms with Gasteiger partial charge in [-0.25, -0.2) is 0 Å². The van der Waals surface area contributed by atoms with Crippen LogP contribution in [0.2, 0.25) is 0 Å². The molecular formula is C15H21NO3. The first-order valence-electron chi connectivity index (χ1n) is 6.73. The van der Waals surface area contributed by atoms with E-state index in [1.165, 1.54) is 0 Å². The zero-order valence-corrected chi connectivity index (χ0v) is 11.3. The minimum Gasteiger partial charge on any atom is -0.497 e. The molecule has 1 aliphatic heterocycles. The fraction of sp³-hybridized carbons (Fsp3) is 0.533. The fourth-order valence-corrected chi connectivity index (χ4v) is 2.57. The van der Waals surface area contributed by atoms with Gasteiger partial charge in [0.05, 0.1) is 13.7 Å². The molecule has 2 rings (SSSR count). The highest BCUT2D eigenvalue weighted by atomic mass is 16.5. The van der Waals surface area contributed by atoms with Crippen LogP contribution >= 0.6 is 0 Å². The third-order valence-corrected chi connectivity index (χ3v) is 3.67. The molecule has 0 aliphatic carbocycles. The highest BCUT2D eigenvalue weighted by molar-refractivity contribution is 5.97. The number of hydrogen-bond donors (Lipinski definition) is 1. The summed E-state index contributed by atoms with van der Waals surface area (Å²) < 4.78 is 5.13. The van der Waals surface area contributed by atoms with E-state index in [-0.39, 0.29) is 12.4 Å². The molecule has 1 aliphatic rings. The Morgan fingerprint density at radius 1 is 1.53 bits per heavy atom. The number of rotatable bonds is 6. The molecule has 1 fully saturated rings. The molecule has 0 spiro atoms. The second-order valence-electron chi connectivity index (χ2n) is 5.06. The van der Waals surface area contributed by atoms with E-state index in [4.69, 9.17) is 9.84 Å². The maximum absolute atomic E-state index is 12.2. The summed E-state index contributed by atoms with van der Waals surface area (Å²) in [5.74, 6) is 1.37. The molecular weight excluding hydrogens is 242 g/mol. The van der Waals surface area contributed by atoms with E-state index in [1.54, 1.807) is 13.2 Å². The summed E-state index contributed by atoms with van der Waals surface area (Å²) in [4.78, 5) is 14.4. The lowest BCUT2D eigenvalue weighted by Gasteiger charge is -2.15. The van der Waals surface area contributed by atoms with Gasteiger partial charge in [0.15, 0.2) is 5.78 Å². The van der Waals surface area contributed by atoms with Gasteiger partial charge in [-0.05, 0) is 37.4 Å². The maximum atomic E-state index is 12.2. The SMILES string of the molecule is COc1cccc(C(=O)CN2CCC(CCO)C2)c1. The number of aliphatic hydroxyl groups excluding tert-OH is 1. The van der Waals surface area contributed by atoms with Gasteiger partial charge in [-0.3, -0.25) is 9.69 Å². The Bertz CT molecular complexity index is 433.